The molecule has 0 aliphatic carbocycles. The molecular weight excluding hydrogens is 1000 g/mol. The van der Waals surface area contributed by atoms with Crippen LogP contribution in [0.1, 0.15) is 169 Å². The number of hydrogen-bond acceptors (Lipinski definition) is 15. The van der Waals surface area contributed by atoms with E-state index >= 15 is 0 Å². The summed E-state index contributed by atoms with van der Waals surface area (Å²) >= 11 is 0. The molecule has 1 heterocycles. The Morgan fingerprint density at radius 1 is 0.397 bits per heavy atom. The van der Waals surface area contributed by atoms with E-state index < -0.39 is 53.2 Å². The first kappa shape index (κ1) is 67.0. The highest BCUT2D eigenvalue weighted by molar-refractivity contribution is 5.96. The Kier molecular flexibility index (Phi) is 33.1. The van der Waals surface area contributed by atoms with Gasteiger partial charge in [0.2, 0.25) is 53.1 Å². The number of carbonyl (C=O) groups excluding carboxylic acids is 11. The Morgan fingerprint density at radius 3 is 1.08 bits per heavy atom. The van der Waals surface area contributed by atoms with Crippen molar-refractivity contribution in [1.29, 1.82) is 0 Å². The van der Waals surface area contributed by atoms with Gasteiger partial charge < -0.3 is 47.3 Å². The monoisotopic (exact) mass is 1090 g/mol. The smallest absolute Gasteiger partial charge is 0.224 e. The number of nitrogens with zero attached hydrogens (tertiary/aromatic N) is 4. The fraction of sp³-hybridized carbons (Fsp3) is 0.655. The molecule has 0 spiro atoms. The van der Waals surface area contributed by atoms with Crippen LogP contribution < -0.4 is 42.5 Å². The number of rotatable bonds is 41. The van der Waals surface area contributed by atoms with E-state index in [1.54, 1.807) is 31.2 Å². The topological polar surface area (TPSA) is 336 Å². The second-order valence-electron chi connectivity index (χ2n) is 20.0. The summed E-state index contributed by atoms with van der Waals surface area (Å²) in [6.07, 6.45) is 5.27. The molecule has 1 aromatic carbocycles. The molecule has 8 N–H and O–H groups in total. The van der Waals surface area contributed by atoms with Gasteiger partial charge in [-0.1, -0.05) is 43.5 Å². The van der Waals surface area contributed by atoms with E-state index in [1.165, 1.54) is 41.5 Å². The maximum Gasteiger partial charge on any atom is 0.224 e. The van der Waals surface area contributed by atoms with Crippen molar-refractivity contribution in [1.82, 2.24) is 62.9 Å². The number of ketones is 3. The molecule has 78 heavy (non-hydrogen) atoms. The first-order valence-corrected chi connectivity index (χ1v) is 27.4. The molecule has 0 saturated heterocycles. The molecule has 2 aromatic rings. The van der Waals surface area contributed by atoms with Gasteiger partial charge in [-0.2, -0.15) is 0 Å². The summed E-state index contributed by atoms with van der Waals surface area (Å²) in [5.74, 6) is -5.42. The molecule has 0 radical (unpaired) electrons. The predicted octanol–water partition coefficient (Wildman–Crippen LogP) is 3.11. The van der Waals surface area contributed by atoms with Gasteiger partial charge in [0, 0.05) is 116 Å². The summed E-state index contributed by atoms with van der Waals surface area (Å²) in [5, 5.41) is 38.5. The van der Waals surface area contributed by atoms with Crippen LogP contribution in [0.3, 0.4) is 0 Å². The SMILES string of the molecule is CC(=O)CC(CCCCNC(C)=O)C(=O)NC(CCCCNC(C)=O)C(=O)CC(CCCCNC(C)=O)C(=O)NC(CCCCNC(C)=O)C(=O)CC(CCCCNC(C)=O)C(=O)NCc1ccc(-c2nnc(C)nn2)cc1. The van der Waals surface area contributed by atoms with E-state index in [2.05, 4.69) is 62.9 Å². The summed E-state index contributed by atoms with van der Waals surface area (Å²) in [6, 6.07) is 5.00. The Bertz CT molecular complexity index is 2260. The van der Waals surface area contributed by atoms with Crippen LogP contribution in [0.25, 0.3) is 11.4 Å². The van der Waals surface area contributed by atoms with Gasteiger partial charge in [-0.15, -0.1) is 20.4 Å². The van der Waals surface area contributed by atoms with Crippen molar-refractivity contribution >= 4 is 64.6 Å². The zero-order valence-corrected chi connectivity index (χ0v) is 46.9. The lowest BCUT2D eigenvalue weighted by Crippen LogP contribution is -2.47. The lowest BCUT2D eigenvalue weighted by Gasteiger charge is -2.26. The number of nitrogens with one attached hydrogen (secondary N) is 8. The Hall–Kier alpha value is -7.07. The number of aryl methyl sites for hydroxylation is 1. The highest BCUT2D eigenvalue weighted by Gasteiger charge is 2.33. The zero-order chi connectivity index (χ0) is 57.8. The molecule has 0 saturated carbocycles. The third kappa shape index (κ3) is 30.6. The van der Waals surface area contributed by atoms with Crippen molar-refractivity contribution < 1.29 is 52.7 Å². The minimum atomic E-state index is -1.09. The van der Waals surface area contributed by atoms with Crippen molar-refractivity contribution in [3.8, 4) is 11.4 Å². The first-order valence-electron chi connectivity index (χ1n) is 27.4. The van der Waals surface area contributed by atoms with E-state index in [0.29, 0.717) is 121 Å². The van der Waals surface area contributed by atoms with Crippen LogP contribution in [0.2, 0.25) is 0 Å². The minimum absolute atomic E-state index is 0.0655. The summed E-state index contributed by atoms with van der Waals surface area (Å²) in [5.41, 5.74) is 1.44. The molecule has 0 fully saturated rings. The Balaban J connectivity index is 2.46. The molecule has 2 rings (SSSR count). The average Bonchev–Trinajstić information content (AvgIpc) is 3.38. The van der Waals surface area contributed by atoms with E-state index in [9.17, 15) is 52.7 Å². The van der Waals surface area contributed by atoms with Crippen molar-refractivity contribution in [2.75, 3.05) is 32.7 Å². The molecule has 23 nitrogen and oxygen atoms in total. The molecular formula is C55H86N12O11. The van der Waals surface area contributed by atoms with Crippen molar-refractivity contribution in [3.63, 3.8) is 0 Å². The summed E-state index contributed by atoms with van der Waals surface area (Å²) in [7, 11) is 0. The third-order valence-electron chi connectivity index (χ3n) is 12.9. The molecule has 5 unspecified atom stereocenters. The summed E-state index contributed by atoms with van der Waals surface area (Å²) in [4.78, 5) is 142. The minimum Gasteiger partial charge on any atom is -0.356 e. The Labute approximate surface area is 459 Å². The van der Waals surface area contributed by atoms with Crippen LogP contribution in [0.15, 0.2) is 24.3 Å². The van der Waals surface area contributed by atoms with Crippen molar-refractivity contribution in [3.05, 3.63) is 35.7 Å². The van der Waals surface area contributed by atoms with E-state index in [-0.39, 0.29) is 92.7 Å². The number of hydrogen-bond donors (Lipinski definition) is 8. The number of aromatic nitrogens is 4. The van der Waals surface area contributed by atoms with Crippen LogP contribution in [-0.2, 0) is 59.3 Å². The predicted molar refractivity (Wildman–Crippen MR) is 291 cm³/mol. The number of benzene rings is 1. The van der Waals surface area contributed by atoms with Crippen molar-refractivity contribution in [2.45, 2.75) is 183 Å². The number of carbonyl (C=O) groups is 11. The van der Waals surface area contributed by atoms with Gasteiger partial charge >= 0.3 is 0 Å². The molecule has 0 bridgehead atoms. The maximum absolute atomic E-state index is 14.6. The normalized spacial score (nSPS) is 12.8. The molecule has 1 aromatic heterocycles. The Morgan fingerprint density at radius 2 is 0.731 bits per heavy atom. The van der Waals surface area contributed by atoms with Gasteiger partial charge in [0.15, 0.2) is 17.4 Å². The standard InChI is InChI=1S/C55H86N12O11/c1-36(68)32-45(18-8-13-27-56-38(3)69)54(77)62-49(22-12-17-31-60-42(7)73)51(75)34-47(20-10-15-29-58-40(5)71)55(78)63-48(21-11-16-30-59-41(6)72)50(74)33-46(19-9-14-28-57-39(4)70)53(76)61-35-43-23-25-44(26-24-43)52-66-64-37(2)65-67-52/h23-26,45-49H,8-22,27-35H2,1-7H3,(H,56,69)(H,57,70)(H,58,71)(H,59,72)(H,60,73)(H,61,76)(H,62,77)(H,63,78). The molecule has 432 valence electrons. The highest BCUT2D eigenvalue weighted by Crippen LogP contribution is 2.22. The largest absolute Gasteiger partial charge is 0.356 e. The number of amides is 8. The van der Waals surface area contributed by atoms with Gasteiger partial charge in [-0.05, 0) is 96.5 Å². The second-order valence-corrected chi connectivity index (χ2v) is 20.0. The van der Waals surface area contributed by atoms with Crippen LogP contribution >= 0.6 is 0 Å². The van der Waals surface area contributed by atoms with Gasteiger partial charge in [-0.3, -0.25) is 47.9 Å². The second kappa shape index (κ2) is 38.5. The third-order valence-corrected chi connectivity index (χ3v) is 12.9. The molecule has 0 aliphatic heterocycles. The zero-order valence-electron chi connectivity index (χ0n) is 46.9. The fourth-order valence-corrected chi connectivity index (χ4v) is 8.62. The van der Waals surface area contributed by atoms with Crippen LogP contribution in [0.4, 0.5) is 0 Å². The number of Topliss-reactive ketones (excluding diaryl/α,β-unsaturated/α-hetero) is 3. The first-order chi connectivity index (χ1) is 37.1. The molecule has 0 aliphatic rings. The van der Waals surface area contributed by atoms with Gasteiger partial charge in [0.1, 0.15) is 5.78 Å². The average molecular weight is 1090 g/mol. The fourth-order valence-electron chi connectivity index (χ4n) is 8.62. The maximum atomic E-state index is 14.6. The number of unbranched alkanes of at least 4 members (excludes halogenated alkanes) is 5. The van der Waals surface area contributed by atoms with Gasteiger partial charge in [0.05, 0.1) is 12.1 Å². The van der Waals surface area contributed by atoms with Crippen molar-refractivity contribution in [2.24, 2.45) is 17.8 Å². The summed E-state index contributed by atoms with van der Waals surface area (Å²) in [6.45, 7) is 11.9. The van der Waals surface area contributed by atoms with Crippen LogP contribution in [0, 0.1) is 24.7 Å². The molecule has 8 amide bonds. The summed E-state index contributed by atoms with van der Waals surface area (Å²) < 4.78 is 0. The van der Waals surface area contributed by atoms with Crippen LogP contribution in [0.5, 0.6) is 0 Å². The van der Waals surface area contributed by atoms with E-state index in [1.807, 2.05) is 0 Å². The molecule has 23 heteroatoms. The van der Waals surface area contributed by atoms with E-state index in [4.69, 9.17) is 0 Å². The van der Waals surface area contributed by atoms with Crippen LogP contribution in [-0.4, -0.2) is 130 Å². The van der Waals surface area contributed by atoms with E-state index in [0.717, 1.165) is 5.56 Å². The van der Waals surface area contributed by atoms with Gasteiger partial charge in [-0.25, -0.2) is 0 Å². The van der Waals surface area contributed by atoms with Gasteiger partial charge in [0.25, 0.3) is 0 Å². The lowest BCUT2D eigenvalue weighted by molar-refractivity contribution is -0.135. The lowest BCUT2D eigenvalue weighted by atomic mass is 9.88. The molecule has 5 atom stereocenters. The highest BCUT2D eigenvalue weighted by atomic mass is 16.2. The quantitative estimate of drug-likeness (QED) is 0.0444.